The molecule has 176 valence electrons. The summed E-state index contributed by atoms with van der Waals surface area (Å²) in [5.41, 5.74) is 1.31. The van der Waals surface area contributed by atoms with E-state index in [4.69, 9.17) is 11.6 Å². The van der Waals surface area contributed by atoms with E-state index < -0.39 is 15.8 Å². The van der Waals surface area contributed by atoms with Crippen molar-refractivity contribution in [2.24, 2.45) is 0 Å². The van der Waals surface area contributed by atoms with Crippen LogP contribution in [0.1, 0.15) is 44.6 Å². The number of anilines is 1. The maximum atomic E-state index is 14.4. The molecule has 1 fully saturated rings. The summed E-state index contributed by atoms with van der Waals surface area (Å²) < 4.78 is 45.2. The number of nitrogens with zero attached hydrogens (tertiary/aromatic N) is 3. The zero-order valence-corrected chi connectivity index (χ0v) is 20.6. The molecular formula is C23H27ClFN5O2S. The van der Waals surface area contributed by atoms with Crippen LogP contribution in [0.3, 0.4) is 0 Å². The SMILES string of the molecule is Cc1nnc(-c2cc(Cl)c(F)cc2NS(=O)(=O)c2ccc(C(C)(C)C)cc2)n1C1CCNC1. The normalized spacial score (nSPS) is 16.8. The Morgan fingerprint density at radius 2 is 1.88 bits per heavy atom. The Labute approximate surface area is 198 Å². The predicted octanol–water partition coefficient (Wildman–Crippen LogP) is 4.68. The molecule has 0 radical (unpaired) electrons. The summed E-state index contributed by atoms with van der Waals surface area (Å²) in [5.74, 6) is 0.390. The highest BCUT2D eigenvalue weighted by molar-refractivity contribution is 7.92. The number of sulfonamides is 1. The standard InChI is InChI=1S/C23H27ClFN5O2S/c1-14-27-28-22(30(14)16-9-10-26-13-16)18-11-19(24)20(25)12-21(18)29-33(31,32)17-7-5-15(6-8-17)23(2,3)4/h5-8,11-12,16,26,29H,9-10,13H2,1-4H3. The zero-order chi connectivity index (χ0) is 24.0. The predicted molar refractivity (Wildman–Crippen MR) is 128 cm³/mol. The van der Waals surface area contributed by atoms with Crippen LogP contribution in [0.25, 0.3) is 11.4 Å². The van der Waals surface area contributed by atoms with Gasteiger partial charge in [-0.25, -0.2) is 12.8 Å². The number of halogens is 2. The van der Waals surface area contributed by atoms with Crippen LogP contribution in [0.5, 0.6) is 0 Å². The molecule has 0 aliphatic carbocycles. The van der Waals surface area contributed by atoms with E-state index in [-0.39, 0.29) is 27.1 Å². The average Bonchev–Trinajstić information content (AvgIpc) is 3.39. The molecule has 3 aromatic rings. The lowest BCUT2D eigenvalue weighted by Crippen LogP contribution is -2.17. The van der Waals surface area contributed by atoms with Gasteiger partial charge in [-0.1, -0.05) is 44.5 Å². The first-order valence-corrected chi connectivity index (χ1v) is 12.6. The minimum absolute atomic E-state index is 0.0522. The lowest BCUT2D eigenvalue weighted by molar-refractivity contribution is 0.537. The van der Waals surface area contributed by atoms with Crippen molar-refractivity contribution >= 4 is 27.3 Å². The van der Waals surface area contributed by atoms with Gasteiger partial charge in [0.05, 0.1) is 21.6 Å². The molecule has 33 heavy (non-hydrogen) atoms. The number of aromatic nitrogens is 3. The first-order valence-electron chi connectivity index (χ1n) is 10.7. The Morgan fingerprint density at radius 3 is 2.48 bits per heavy atom. The molecule has 1 aliphatic heterocycles. The molecule has 2 heterocycles. The number of hydrogen-bond donors (Lipinski definition) is 2. The summed E-state index contributed by atoms with van der Waals surface area (Å²) in [6.07, 6.45) is 0.877. The summed E-state index contributed by atoms with van der Waals surface area (Å²) in [4.78, 5) is 0.0782. The third-order valence-corrected chi connectivity index (χ3v) is 7.51. The summed E-state index contributed by atoms with van der Waals surface area (Å²) in [6, 6.07) is 9.24. The van der Waals surface area contributed by atoms with Crippen molar-refractivity contribution in [1.82, 2.24) is 20.1 Å². The van der Waals surface area contributed by atoms with Crippen LogP contribution < -0.4 is 10.0 Å². The Kier molecular flexibility index (Phi) is 6.24. The molecular weight excluding hydrogens is 465 g/mol. The third kappa shape index (κ3) is 4.76. The van der Waals surface area contributed by atoms with Crippen LogP contribution in [0, 0.1) is 12.7 Å². The van der Waals surface area contributed by atoms with Gasteiger partial charge in [-0.2, -0.15) is 0 Å². The van der Waals surface area contributed by atoms with Gasteiger partial charge in [0.15, 0.2) is 5.82 Å². The largest absolute Gasteiger partial charge is 0.315 e. The molecule has 4 rings (SSSR count). The quantitative estimate of drug-likeness (QED) is 0.541. The van der Waals surface area contributed by atoms with Gasteiger partial charge in [0, 0.05) is 18.2 Å². The molecule has 0 amide bonds. The van der Waals surface area contributed by atoms with E-state index in [1.807, 2.05) is 11.5 Å². The molecule has 0 bridgehead atoms. The summed E-state index contributed by atoms with van der Waals surface area (Å²) in [7, 11) is -3.99. The molecule has 2 N–H and O–H groups in total. The summed E-state index contributed by atoms with van der Waals surface area (Å²) in [5, 5.41) is 11.6. The van der Waals surface area contributed by atoms with E-state index in [1.54, 1.807) is 24.3 Å². The van der Waals surface area contributed by atoms with Crippen molar-refractivity contribution in [3.05, 3.63) is 58.6 Å². The van der Waals surface area contributed by atoms with Crippen LogP contribution in [0.2, 0.25) is 5.02 Å². The molecule has 0 spiro atoms. The first kappa shape index (κ1) is 23.7. The van der Waals surface area contributed by atoms with Crippen molar-refractivity contribution in [3.63, 3.8) is 0 Å². The van der Waals surface area contributed by atoms with E-state index in [0.29, 0.717) is 17.2 Å². The number of rotatable bonds is 5. The molecule has 1 saturated heterocycles. The van der Waals surface area contributed by atoms with Crippen LogP contribution in [0.4, 0.5) is 10.1 Å². The van der Waals surface area contributed by atoms with E-state index in [9.17, 15) is 12.8 Å². The number of nitrogens with one attached hydrogen (secondary N) is 2. The monoisotopic (exact) mass is 491 g/mol. The molecule has 1 atom stereocenters. The van der Waals surface area contributed by atoms with Crippen LogP contribution in [-0.4, -0.2) is 36.3 Å². The summed E-state index contributed by atoms with van der Waals surface area (Å²) >= 11 is 6.08. The minimum atomic E-state index is -3.99. The molecule has 7 nitrogen and oxygen atoms in total. The second-order valence-corrected chi connectivity index (χ2v) is 11.4. The van der Waals surface area contributed by atoms with Gasteiger partial charge in [-0.15, -0.1) is 10.2 Å². The zero-order valence-electron chi connectivity index (χ0n) is 19.0. The smallest absolute Gasteiger partial charge is 0.261 e. The van der Waals surface area contributed by atoms with Gasteiger partial charge in [-0.05, 0) is 49.1 Å². The number of benzene rings is 2. The third-order valence-electron chi connectivity index (χ3n) is 5.84. The van der Waals surface area contributed by atoms with Gasteiger partial charge in [0.25, 0.3) is 10.0 Å². The molecule has 0 saturated carbocycles. The van der Waals surface area contributed by atoms with E-state index in [1.165, 1.54) is 6.07 Å². The highest BCUT2D eigenvalue weighted by Gasteiger charge is 2.27. The van der Waals surface area contributed by atoms with Crippen LogP contribution >= 0.6 is 11.6 Å². The summed E-state index contributed by atoms with van der Waals surface area (Å²) in [6.45, 7) is 9.58. The topological polar surface area (TPSA) is 88.9 Å². The average molecular weight is 492 g/mol. The van der Waals surface area contributed by atoms with E-state index in [0.717, 1.165) is 31.1 Å². The van der Waals surface area contributed by atoms with Gasteiger partial charge >= 0.3 is 0 Å². The van der Waals surface area contributed by atoms with Gasteiger partial charge < -0.3 is 9.88 Å². The van der Waals surface area contributed by atoms with Crippen molar-refractivity contribution in [1.29, 1.82) is 0 Å². The highest BCUT2D eigenvalue weighted by Crippen LogP contribution is 2.36. The second kappa shape index (κ2) is 8.70. The van der Waals surface area contributed by atoms with Crippen LogP contribution in [0.15, 0.2) is 41.3 Å². The van der Waals surface area contributed by atoms with E-state index >= 15 is 0 Å². The molecule has 1 aliphatic rings. The Morgan fingerprint density at radius 1 is 1.18 bits per heavy atom. The lowest BCUT2D eigenvalue weighted by atomic mass is 9.87. The fourth-order valence-electron chi connectivity index (χ4n) is 4.00. The van der Waals surface area contributed by atoms with Crippen LogP contribution in [-0.2, 0) is 15.4 Å². The fraction of sp³-hybridized carbons (Fsp3) is 0.391. The maximum Gasteiger partial charge on any atom is 0.261 e. The van der Waals surface area contributed by atoms with Crippen molar-refractivity contribution in [2.45, 2.75) is 50.5 Å². The molecule has 1 unspecified atom stereocenters. The molecule has 1 aromatic heterocycles. The second-order valence-electron chi connectivity index (χ2n) is 9.28. The van der Waals surface area contributed by atoms with Gasteiger partial charge in [0.1, 0.15) is 11.6 Å². The maximum absolute atomic E-state index is 14.4. The minimum Gasteiger partial charge on any atom is -0.315 e. The highest BCUT2D eigenvalue weighted by atomic mass is 35.5. The number of hydrogen-bond acceptors (Lipinski definition) is 5. The van der Waals surface area contributed by atoms with Crippen molar-refractivity contribution < 1.29 is 12.8 Å². The Hall–Kier alpha value is -2.49. The fourth-order valence-corrected chi connectivity index (χ4v) is 5.24. The Balaban J connectivity index is 1.76. The first-order chi connectivity index (χ1) is 15.5. The Bertz CT molecular complexity index is 1280. The van der Waals surface area contributed by atoms with Crippen molar-refractivity contribution in [2.75, 3.05) is 17.8 Å². The molecule has 10 heteroatoms. The number of aryl methyl sites for hydroxylation is 1. The van der Waals surface area contributed by atoms with E-state index in [2.05, 4.69) is 41.0 Å². The van der Waals surface area contributed by atoms with Crippen molar-refractivity contribution in [3.8, 4) is 11.4 Å². The van der Waals surface area contributed by atoms with Gasteiger partial charge in [-0.3, -0.25) is 4.72 Å². The van der Waals surface area contributed by atoms with Gasteiger partial charge in [0.2, 0.25) is 0 Å². The molecule has 2 aromatic carbocycles. The lowest BCUT2D eigenvalue weighted by Gasteiger charge is -2.20.